The fourth-order valence-corrected chi connectivity index (χ4v) is 2.66. The Morgan fingerprint density at radius 3 is 2.42 bits per heavy atom. The van der Waals surface area contributed by atoms with Crippen LogP contribution in [0, 0.1) is 0 Å². The first-order valence-corrected chi connectivity index (χ1v) is 8.15. The van der Waals surface area contributed by atoms with Gasteiger partial charge in [-0.05, 0) is 12.1 Å². The van der Waals surface area contributed by atoms with Gasteiger partial charge >= 0.3 is 0 Å². The quantitative estimate of drug-likeness (QED) is 0.667. The Balaban J connectivity index is 1.78. The van der Waals surface area contributed by atoms with Crippen LogP contribution in [-0.2, 0) is 6.54 Å². The molecule has 0 spiro atoms. The number of anilines is 1. The van der Waals surface area contributed by atoms with E-state index in [1.165, 1.54) is 0 Å². The lowest BCUT2D eigenvalue weighted by atomic mass is 10.2. The van der Waals surface area contributed by atoms with Gasteiger partial charge in [0.1, 0.15) is 17.2 Å². The van der Waals surface area contributed by atoms with Crippen LogP contribution >= 0.6 is 11.6 Å². The molecule has 0 saturated heterocycles. The highest BCUT2D eigenvalue weighted by Gasteiger charge is 2.14. The highest BCUT2D eigenvalue weighted by Crippen LogP contribution is 2.36. The molecule has 0 aliphatic carbocycles. The van der Waals surface area contributed by atoms with Gasteiger partial charge in [-0.2, -0.15) is 0 Å². The molecule has 8 heteroatoms. The van der Waals surface area contributed by atoms with E-state index in [-0.39, 0.29) is 0 Å². The van der Waals surface area contributed by atoms with E-state index in [1.54, 1.807) is 33.5 Å². The third kappa shape index (κ3) is 3.67. The molecule has 1 heterocycles. The molecule has 2 aromatic carbocycles. The van der Waals surface area contributed by atoms with Crippen LogP contribution in [0.5, 0.6) is 17.2 Å². The fourth-order valence-electron chi connectivity index (χ4n) is 2.42. The Morgan fingerprint density at radius 2 is 1.69 bits per heavy atom. The van der Waals surface area contributed by atoms with Crippen LogP contribution in [0.4, 0.5) is 5.69 Å². The number of nitrogens with zero attached hydrogens (tertiary/aromatic N) is 2. The summed E-state index contributed by atoms with van der Waals surface area (Å²) in [5.41, 5.74) is 1.44. The first-order chi connectivity index (χ1) is 12.7. The molecule has 0 radical (unpaired) electrons. The zero-order chi connectivity index (χ0) is 18.5. The van der Waals surface area contributed by atoms with Crippen molar-refractivity contribution in [2.24, 2.45) is 0 Å². The van der Waals surface area contributed by atoms with Gasteiger partial charge in [0.25, 0.3) is 5.89 Å². The van der Waals surface area contributed by atoms with Crippen molar-refractivity contribution in [2.75, 3.05) is 26.6 Å². The lowest BCUT2D eigenvalue weighted by Crippen LogP contribution is -2.02. The second kappa shape index (κ2) is 7.97. The van der Waals surface area contributed by atoms with E-state index in [0.717, 1.165) is 5.56 Å². The Morgan fingerprint density at radius 1 is 0.962 bits per heavy atom. The SMILES string of the molecule is COc1cc(NCc2nnc(-c3ccccc3OC)o2)c(OC)cc1Cl. The van der Waals surface area contributed by atoms with E-state index < -0.39 is 0 Å². The molecule has 26 heavy (non-hydrogen) atoms. The van der Waals surface area contributed by atoms with Crippen molar-refractivity contribution in [3.05, 3.63) is 47.3 Å². The van der Waals surface area contributed by atoms with Crippen molar-refractivity contribution in [3.63, 3.8) is 0 Å². The number of rotatable bonds is 7. The first-order valence-electron chi connectivity index (χ1n) is 7.77. The molecule has 0 bridgehead atoms. The molecule has 0 atom stereocenters. The Hall–Kier alpha value is -2.93. The molecule has 0 aliphatic rings. The van der Waals surface area contributed by atoms with Gasteiger partial charge in [-0.1, -0.05) is 23.7 Å². The summed E-state index contributed by atoms with van der Waals surface area (Å²) < 4.78 is 21.6. The Labute approximate surface area is 155 Å². The lowest BCUT2D eigenvalue weighted by molar-refractivity contribution is 0.404. The molecule has 0 aliphatic heterocycles. The smallest absolute Gasteiger partial charge is 0.251 e. The van der Waals surface area contributed by atoms with Crippen molar-refractivity contribution in [1.29, 1.82) is 0 Å². The van der Waals surface area contributed by atoms with Gasteiger partial charge in [-0.3, -0.25) is 0 Å². The number of para-hydroxylation sites is 1. The minimum Gasteiger partial charge on any atom is -0.496 e. The van der Waals surface area contributed by atoms with Crippen LogP contribution in [0.3, 0.4) is 0 Å². The second-order valence-corrected chi connectivity index (χ2v) is 5.65. The second-order valence-electron chi connectivity index (χ2n) is 5.24. The normalized spacial score (nSPS) is 10.5. The van der Waals surface area contributed by atoms with Crippen LogP contribution in [0.2, 0.25) is 5.02 Å². The summed E-state index contributed by atoms with van der Waals surface area (Å²) in [6.07, 6.45) is 0. The first kappa shape index (κ1) is 17.9. The van der Waals surface area contributed by atoms with E-state index in [9.17, 15) is 0 Å². The molecule has 0 fully saturated rings. The molecule has 1 N–H and O–H groups in total. The van der Waals surface area contributed by atoms with Crippen LogP contribution < -0.4 is 19.5 Å². The number of benzene rings is 2. The summed E-state index contributed by atoms with van der Waals surface area (Å²) in [7, 11) is 4.71. The molecule has 3 rings (SSSR count). The van der Waals surface area contributed by atoms with Gasteiger partial charge in [0.05, 0.1) is 44.1 Å². The third-order valence-electron chi connectivity index (χ3n) is 3.71. The minimum absolute atomic E-state index is 0.309. The maximum absolute atomic E-state index is 6.11. The fraction of sp³-hybridized carbons (Fsp3) is 0.222. The van der Waals surface area contributed by atoms with E-state index >= 15 is 0 Å². The highest BCUT2D eigenvalue weighted by atomic mass is 35.5. The molecule has 0 unspecified atom stereocenters. The van der Waals surface area contributed by atoms with Crippen molar-refractivity contribution in [1.82, 2.24) is 10.2 Å². The van der Waals surface area contributed by atoms with Gasteiger partial charge in [0, 0.05) is 12.1 Å². The Bertz CT molecular complexity index is 898. The summed E-state index contributed by atoms with van der Waals surface area (Å²) in [6.45, 7) is 0.309. The molecule has 7 nitrogen and oxygen atoms in total. The predicted molar refractivity (Wildman–Crippen MR) is 98.2 cm³/mol. The lowest BCUT2D eigenvalue weighted by Gasteiger charge is -2.12. The molecule has 1 aromatic heterocycles. The average Bonchev–Trinajstić information content (AvgIpc) is 3.15. The minimum atomic E-state index is 0.309. The summed E-state index contributed by atoms with van der Waals surface area (Å²) in [5.74, 6) is 2.59. The molecular formula is C18H18ClN3O4. The van der Waals surface area contributed by atoms with Crippen LogP contribution in [0.15, 0.2) is 40.8 Å². The zero-order valence-corrected chi connectivity index (χ0v) is 15.3. The van der Waals surface area contributed by atoms with Crippen LogP contribution in [-0.4, -0.2) is 31.5 Å². The number of nitrogens with one attached hydrogen (secondary N) is 1. The molecule has 0 amide bonds. The number of halogens is 1. The largest absolute Gasteiger partial charge is 0.496 e. The van der Waals surface area contributed by atoms with Crippen molar-refractivity contribution in [3.8, 4) is 28.7 Å². The van der Waals surface area contributed by atoms with Crippen molar-refractivity contribution in [2.45, 2.75) is 6.54 Å². The summed E-state index contributed by atoms with van der Waals surface area (Å²) >= 11 is 6.11. The molecule has 0 saturated carbocycles. The number of methoxy groups -OCH3 is 3. The van der Waals surface area contributed by atoms with E-state index in [2.05, 4.69) is 15.5 Å². The van der Waals surface area contributed by atoms with Gasteiger partial charge in [0.15, 0.2) is 0 Å². The van der Waals surface area contributed by atoms with E-state index in [1.807, 2.05) is 24.3 Å². The number of hydrogen-bond acceptors (Lipinski definition) is 7. The summed E-state index contributed by atoms with van der Waals surface area (Å²) in [4.78, 5) is 0. The predicted octanol–water partition coefficient (Wildman–Crippen LogP) is 4.03. The van der Waals surface area contributed by atoms with Crippen LogP contribution in [0.1, 0.15) is 5.89 Å². The molecular weight excluding hydrogens is 358 g/mol. The summed E-state index contributed by atoms with van der Waals surface area (Å²) in [5, 5.41) is 11.8. The van der Waals surface area contributed by atoms with Gasteiger partial charge in [-0.15, -0.1) is 10.2 Å². The molecule has 3 aromatic rings. The van der Waals surface area contributed by atoms with Gasteiger partial charge in [0.2, 0.25) is 5.89 Å². The third-order valence-corrected chi connectivity index (χ3v) is 4.00. The van der Waals surface area contributed by atoms with Gasteiger partial charge < -0.3 is 23.9 Å². The monoisotopic (exact) mass is 375 g/mol. The number of aromatic nitrogens is 2. The topological polar surface area (TPSA) is 78.6 Å². The van der Waals surface area contributed by atoms with Crippen molar-refractivity contribution >= 4 is 17.3 Å². The van der Waals surface area contributed by atoms with Crippen LogP contribution in [0.25, 0.3) is 11.5 Å². The van der Waals surface area contributed by atoms with Gasteiger partial charge in [-0.25, -0.2) is 0 Å². The number of ether oxygens (including phenoxy) is 3. The summed E-state index contributed by atoms with van der Waals surface area (Å²) in [6, 6.07) is 10.9. The zero-order valence-electron chi connectivity index (χ0n) is 14.6. The highest BCUT2D eigenvalue weighted by molar-refractivity contribution is 6.32. The van der Waals surface area contributed by atoms with E-state index in [4.69, 9.17) is 30.2 Å². The maximum Gasteiger partial charge on any atom is 0.251 e. The Kier molecular flexibility index (Phi) is 5.48. The maximum atomic E-state index is 6.11. The molecule has 136 valence electrons. The average molecular weight is 376 g/mol. The number of hydrogen-bond donors (Lipinski definition) is 1. The van der Waals surface area contributed by atoms with Crippen molar-refractivity contribution < 1.29 is 18.6 Å². The standard InChI is InChI=1S/C18H18ClN3O4/c1-23-14-7-5-4-6-11(14)18-22-21-17(26-18)10-20-13-9-15(24-2)12(19)8-16(13)25-3/h4-9,20H,10H2,1-3H3. The van der Waals surface area contributed by atoms with E-state index in [0.29, 0.717) is 46.3 Å².